The minimum absolute atomic E-state index is 0.0423. The maximum Gasteiger partial charge on any atom is 0.195 e. The van der Waals surface area contributed by atoms with Gasteiger partial charge in [-0.15, -0.1) is 0 Å². The number of ketones is 1. The Hall–Kier alpha value is -1.85. The molecular weight excluding hydrogens is 336 g/mol. The van der Waals surface area contributed by atoms with Crippen molar-refractivity contribution in [3.63, 3.8) is 0 Å². The van der Waals surface area contributed by atoms with Gasteiger partial charge in [-0.2, -0.15) is 0 Å². The van der Waals surface area contributed by atoms with Gasteiger partial charge in [0.2, 0.25) is 0 Å². The predicted octanol–water partition coefficient (Wildman–Crippen LogP) is 4.07. The van der Waals surface area contributed by atoms with Crippen molar-refractivity contribution in [3.8, 4) is 0 Å². The van der Waals surface area contributed by atoms with Crippen LogP contribution in [0.1, 0.15) is 42.2 Å². The number of nitrogens with zero attached hydrogens (tertiary/aromatic N) is 1. The highest BCUT2D eigenvalue weighted by Crippen LogP contribution is 2.43. The molecule has 0 bridgehead atoms. The SMILES string of the molecule is O=C(CCc1cccc(F)c1Cl)[C@]1(F)CC[C@H](O)c2ncccc21. The van der Waals surface area contributed by atoms with Crippen molar-refractivity contribution in [2.24, 2.45) is 0 Å². The topological polar surface area (TPSA) is 50.2 Å². The Balaban J connectivity index is 1.82. The number of fused-ring (bicyclic) bond motifs is 1. The summed E-state index contributed by atoms with van der Waals surface area (Å²) in [6.45, 7) is 0. The number of aliphatic hydroxyl groups is 1. The highest BCUT2D eigenvalue weighted by Gasteiger charge is 2.45. The molecule has 1 aliphatic rings. The number of hydrogen-bond acceptors (Lipinski definition) is 3. The summed E-state index contributed by atoms with van der Waals surface area (Å²) in [7, 11) is 0. The second-order valence-corrected chi connectivity index (χ2v) is 6.31. The smallest absolute Gasteiger partial charge is 0.195 e. The standard InChI is InChI=1S/C18H16ClF2NO2/c19-16-11(3-1-5-13(16)20)6-7-15(24)18(21)9-8-14(23)17-12(18)4-2-10-22-17/h1-5,10,14,23H,6-9H2/t14-,18-/m0/s1. The van der Waals surface area contributed by atoms with Crippen molar-refractivity contribution < 1.29 is 18.7 Å². The molecule has 0 fully saturated rings. The Kier molecular flexibility index (Phi) is 4.65. The molecule has 0 saturated heterocycles. The van der Waals surface area contributed by atoms with E-state index in [1.807, 2.05) is 0 Å². The number of pyridine rings is 1. The number of aryl methyl sites for hydroxylation is 1. The summed E-state index contributed by atoms with van der Waals surface area (Å²) in [5, 5.41) is 9.91. The zero-order chi connectivity index (χ0) is 17.3. The van der Waals surface area contributed by atoms with E-state index in [4.69, 9.17) is 11.6 Å². The Bertz CT molecular complexity index is 783. The van der Waals surface area contributed by atoms with Crippen molar-refractivity contribution in [1.29, 1.82) is 0 Å². The maximum atomic E-state index is 15.4. The Labute approximate surface area is 143 Å². The fourth-order valence-electron chi connectivity index (χ4n) is 3.10. The first kappa shape index (κ1) is 17.0. The number of carbonyl (C=O) groups is 1. The number of aromatic nitrogens is 1. The van der Waals surface area contributed by atoms with Crippen LogP contribution >= 0.6 is 11.6 Å². The van der Waals surface area contributed by atoms with E-state index in [2.05, 4.69) is 4.98 Å². The van der Waals surface area contributed by atoms with Crippen molar-refractivity contribution in [3.05, 3.63) is 64.2 Å². The van der Waals surface area contributed by atoms with Gasteiger partial charge in [0, 0.05) is 18.2 Å². The molecule has 0 radical (unpaired) electrons. The number of rotatable bonds is 4. The van der Waals surface area contributed by atoms with Crippen LogP contribution in [0.3, 0.4) is 0 Å². The predicted molar refractivity (Wildman–Crippen MR) is 86.0 cm³/mol. The van der Waals surface area contributed by atoms with Crippen LogP contribution in [0.2, 0.25) is 5.02 Å². The molecular formula is C18H16ClF2NO2. The van der Waals surface area contributed by atoms with E-state index >= 15 is 4.39 Å². The van der Waals surface area contributed by atoms with Crippen LogP contribution in [-0.4, -0.2) is 15.9 Å². The van der Waals surface area contributed by atoms with Crippen LogP contribution < -0.4 is 0 Å². The van der Waals surface area contributed by atoms with Gasteiger partial charge in [0.15, 0.2) is 11.5 Å². The fraction of sp³-hybridized carbons (Fsp3) is 0.333. The quantitative estimate of drug-likeness (QED) is 0.903. The minimum atomic E-state index is -2.18. The summed E-state index contributed by atoms with van der Waals surface area (Å²) in [5.74, 6) is -1.17. The van der Waals surface area contributed by atoms with Gasteiger partial charge >= 0.3 is 0 Å². The van der Waals surface area contributed by atoms with Crippen LogP contribution in [0.25, 0.3) is 0 Å². The average molecular weight is 352 g/mol. The van der Waals surface area contributed by atoms with Crippen LogP contribution in [-0.2, 0) is 16.9 Å². The second-order valence-electron chi connectivity index (χ2n) is 5.93. The van der Waals surface area contributed by atoms with Gasteiger partial charge in [0.25, 0.3) is 0 Å². The molecule has 2 aromatic rings. The lowest BCUT2D eigenvalue weighted by Gasteiger charge is -2.32. The molecule has 1 N–H and O–H groups in total. The molecule has 1 aromatic carbocycles. The van der Waals surface area contributed by atoms with Crippen molar-refractivity contribution in [1.82, 2.24) is 4.98 Å². The van der Waals surface area contributed by atoms with E-state index in [1.165, 1.54) is 24.4 Å². The highest BCUT2D eigenvalue weighted by molar-refractivity contribution is 6.31. The fourth-order valence-corrected chi connectivity index (χ4v) is 3.32. The Morgan fingerprint density at radius 3 is 2.96 bits per heavy atom. The van der Waals surface area contributed by atoms with E-state index in [0.29, 0.717) is 5.56 Å². The number of alkyl halides is 1. The van der Waals surface area contributed by atoms with Crippen LogP contribution in [0.5, 0.6) is 0 Å². The zero-order valence-corrected chi connectivity index (χ0v) is 13.6. The molecule has 0 spiro atoms. The first-order chi connectivity index (χ1) is 11.4. The summed E-state index contributed by atoms with van der Waals surface area (Å²) in [5.41, 5.74) is -1.37. The molecule has 1 aromatic heterocycles. The van der Waals surface area contributed by atoms with E-state index in [1.54, 1.807) is 12.1 Å². The molecule has 3 nitrogen and oxygen atoms in total. The molecule has 1 heterocycles. The Morgan fingerprint density at radius 2 is 2.17 bits per heavy atom. The molecule has 3 rings (SSSR count). The maximum absolute atomic E-state index is 15.4. The first-order valence-corrected chi connectivity index (χ1v) is 8.10. The molecule has 6 heteroatoms. The molecule has 1 aliphatic carbocycles. The van der Waals surface area contributed by atoms with Gasteiger partial charge in [0.1, 0.15) is 5.82 Å². The average Bonchev–Trinajstić information content (AvgIpc) is 2.59. The molecule has 0 amide bonds. The third kappa shape index (κ3) is 2.94. The summed E-state index contributed by atoms with van der Waals surface area (Å²) in [6.07, 6.45) is 0.680. The van der Waals surface area contributed by atoms with Crippen molar-refractivity contribution in [2.75, 3.05) is 0 Å². The van der Waals surface area contributed by atoms with E-state index in [-0.39, 0.29) is 42.0 Å². The molecule has 126 valence electrons. The number of carbonyl (C=O) groups excluding carboxylic acids is 1. The number of benzene rings is 1. The van der Waals surface area contributed by atoms with Gasteiger partial charge in [0.05, 0.1) is 16.8 Å². The van der Waals surface area contributed by atoms with Gasteiger partial charge < -0.3 is 5.11 Å². The molecule has 24 heavy (non-hydrogen) atoms. The molecule has 2 atom stereocenters. The lowest BCUT2D eigenvalue weighted by atomic mass is 9.77. The monoisotopic (exact) mass is 351 g/mol. The molecule has 0 saturated carbocycles. The lowest BCUT2D eigenvalue weighted by molar-refractivity contribution is -0.133. The molecule has 0 unspecified atom stereocenters. The van der Waals surface area contributed by atoms with E-state index in [9.17, 15) is 14.3 Å². The van der Waals surface area contributed by atoms with E-state index < -0.39 is 23.4 Å². The third-order valence-electron chi connectivity index (χ3n) is 4.44. The Morgan fingerprint density at radius 1 is 1.38 bits per heavy atom. The van der Waals surface area contributed by atoms with Crippen molar-refractivity contribution >= 4 is 17.4 Å². The minimum Gasteiger partial charge on any atom is -0.387 e. The summed E-state index contributed by atoms with van der Waals surface area (Å²) < 4.78 is 28.9. The van der Waals surface area contributed by atoms with Gasteiger partial charge in [-0.1, -0.05) is 29.8 Å². The highest BCUT2D eigenvalue weighted by atomic mass is 35.5. The number of aliphatic hydroxyl groups excluding tert-OH is 1. The second kappa shape index (κ2) is 6.57. The summed E-state index contributed by atoms with van der Waals surface area (Å²) in [6, 6.07) is 7.38. The number of hydrogen-bond donors (Lipinski definition) is 1. The zero-order valence-electron chi connectivity index (χ0n) is 12.8. The summed E-state index contributed by atoms with van der Waals surface area (Å²) >= 11 is 5.87. The third-order valence-corrected chi connectivity index (χ3v) is 4.86. The number of Topliss-reactive ketones (excluding diaryl/α,β-unsaturated/α-hetero) is 1. The first-order valence-electron chi connectivity index (χ1n) is 7.72. The molecule has 0 aliphatic heterocycles. The van der Waals surface area contributed by atoms with Crippen LogP contribution in [0, 0.1) is 5.82 Å². The normalized spacial score (nSPS) is 22.9. The van der Waals surface area contributed by atoms with E-state index in [0.717, 1.165) is 0 Å². The summed E-state index contributed by atoms with van der Waals surface area (Å²) in [4.78, 5) is 16.5. The lowest BCUT2D eigenvalue weighted by Crippen LogP contribution is -2.36. The van der Waals surface area contributed by atoms with Crippen molar-refractivity contribution in [2.45, 2.75) is 37.5 Å². The van der Waals surface area contributed by atoms with Crippen LogP contribution in [0.4, 0.5) is 8.78 Å². The largest absolute Gasteiger partial charge is 0.387 e. The van der Waals surface area contributed by atoms with Gasteiger partial charge in [-0.25, -0.2) is 8.78 Å². The number of halogens is 3. The van der Waals surface area contributed by atoms with Crippen LogP contribution in [0.15, 0.2) is 36.5 Å². The van der Waals surface area contributed by atoms with Gasteiger partial charge in [-0.05, 0) is 37.0 Å². The van der Waals surface area contributed by atoms with Gasteiger partial charge in [-0.3, -0.25) is 9.78 Å².